The zero-order valence-corrected chi connectivity index (χ0v) is 16.6. The molecule has 27 heavy (non-hydrogen) atoms. The number of benzene rings is 1. The molecule has 1 fully saturated rings. The first-order valence-electron chi connectivity index (χ1n) is 9.01. The maximum absolute atomic E-state index is 13.0. The average molecular weight is 404 g/mol. The van der Waals surface area contributed by atoms with Crippen LogP contribution in [-0.2, 0) is 22.5 Å². The monoisotopic (exact) mass is 403 g/mol. The summed E-state index contributed by atoms with van der Waals surface area (Å²) in [4.78, 5) is 32.8. The normalized spacial score (nSPS) is 16.4. The lowest BCUT2D eigenvalue weighted by atomic mass is 10.2. The predicted octanol–water partition coefficient (Wildman–Crippen LogP) is 1.89. The van der Waals surface area contributed by atoms with Crippen LogP contribution in [0.5, 0.6) is 0 Å². The van der Waals surface area contributed by atoms with Crippen LogP contribution in [0.3, 0.4) is 0 Å². The molecule has 2 aliphatic rings. The summed E-state index contributed by atoms with van der Waals surface area (Å²) in [5.41, 5.74) is 1.93. The van der Waals surface area contributed by atoms with Gasteiger partial charge in [0.15, 0.2) is 5.16 Å². The van der Waals surface area contributed by atoms with Gasteiger partial charge < -0.3 is 9.64 Å². The molecule has 0 radical (unpaired) electrons. The Kier molecular flexibility index (Phi) is 5.85. The number of rotatable bonds is 5. The second kappa shape index (κ2) is 8.50. The molecule has 6 nitrogen and oxygen atoms in total. The van der Waals surface area contributed by atoms with Crippen molar-refractivity contribution in [1.82, 2.24) is 14.5 Å². The second-order valence-corrected chi connectivity index (χ2v) is 8.48. The Bertz CT molecular complexity index is 880. The van der Waals surface area contributed by atoms with Crippen LogP contribution in [0.1, 0.15) is 11.3 Å². The van der Waals surface area contributed by atoms with Crippen molar-refractivity contribution in [1.29, 1.82) is 0 Å². The molecule has 2 aromatic rings. The summed E-state index contributed by atoms with van der Waals surface area (Å²) in [6.45, 7) is 2.90. The van der Waals surface area contributed by atoms with E-state index in [0.717, 1.165) is 28.3 Å². The SMILES string of the molecule is O=C(CSc1nc2c(c(=O)n1Cc1ccccc1)SCC2)N1CCOCC1. The molecular formula is C19H21N3O3S2. The van der Waals surface area contributed by atoms with E-state index < -0.39 is 0 Å². The van der Waals surface area contributed by atoms with Crippen molar-refractivity contribution < 1.29 is 9.53 Å². The van der Waals surface area contributed by atoms with Gasteiger partial charge in [-0.05, 0) is 5.56 Å². The van der Waals surface area contributed by atoms with E-state index in [-0.39, 0.29) is 17.2 Å². The van der Waals surface area contributed by atoms with E-state index in [2.05, 4.69) is 0 Å². The van der Waals surface area contributed by atoms with E-state index in [1.807, 2.05) is 35.2 Å². The summed E-state index contributed by atoms with van der Waals surface area (Å²) < 4.78 is 7.02. The largest absolute Gasteiger partial charge is 0.378 e. The first kappa shape index (κ1) is 18.6. The molecule has 8 heteroatoms. The first-order chi connectivity index (χ1) is 13.2. The van der Waals surface area contributed by atoms with Crippen LogP contribution in [0.15, 0.2) is 45.2 Å². The van der Waals surface area contributed by atoms with Gasteiger partial charge in [0.2, 0.25) is 5.91 Å². The fraction of sp³-hybridized carbons (Fsp3) is 0.421. The Morgan fingerprint density at radius 2 is 2.00 bits per heavy atom. The molecule has 142 valence electrons. The number of ether oxygens (including phenoxy) is 1. The van der Waals surface area contributed by atoms with Crippen LogP contribution in [0.25, 0.3) is 0 Å². The molecule has 3 heterocycles. The van der Waals surface area contributed by atoms with Crippen molar-refractivity contribution in [2.75, 3.05) is 37.8 Å². The highest BCUT2D eigenvalue weighted by atomic mass is 32.2. The van der Waals surface area contributed by atoms with Crippen LogP contribution in [0.2, 0.25) is 0 Å². The molecule has 0 spiro atoms. The summed E-state index contributed by atoms with van der Waals surface area (Å²) in [7, 11) is 0. The van der Waals surface area contributed by atoms with Crippen LogP contribution in [-0.4, -0.2) is 58.2 Å². The van der Waals surface area contributed by atoms with Gasteiger partial charge in [0, 0.05) is 25.3 Å². The molecule has 1 saturated heterocycles. The lowest BCUT2D eigenvalue weighted by Crippen LogP contribution is -2.41. The number of carbonyl (C=O) groups excluding carboxylic acids is 1. The molecule has 0 saturated carbocycles. The number of amides is 1. The van der Waals surface area contributed by atoms with Crippen LogP contribution >= 0.6 is 23.5 Å². The van der Waals surface area contributed by atoms with Crippen molar-refractivity contribution in [2.45, 2.75) is 23.0 Å². The topological polar surface area (TPSA) is 64.4 Å². The highest BCUT2D eigenvalue weighted by molar-refractivity contribution is 8.00. The smallest absolute Gasteiger partial charge is 0.268 e. The van der Waals surface area contributed by atoms with Crippen molar-refractivity contribution in [3.63, 3.8) is 0 Å². The third-order valence-corrected chi connectivity index (χ3v) is 6.69. The van der Waals surface area contributed by atoms with Crippen molar-refractivity contribution in [3.05, 3.63) is 51.9 Å². The molecule has 0 atom stereocenters. The quantitative estimate of drug-likeness (QED) is 0.561. The number of morpholine rings is 1. The number of aromatic nitrogens is 2. The summed E-state index contributed by atoms with van der Waals surface area (Å²) in [6.07, 6.45) is 0.812. The van der Waals surface area contributed by atoms with E-state index in [1.165, 1.54) is 11.8 Å². The lowest BCUT2D eigenvalue weighted by Gasteiger charge is -2.26. The van der Waals surface area contributed by atoms with Crippen LogP contribution in [0.4, 0.5) is 0 Å². The number of carbonyl (C=O) groups is 1. The lowest BCUT2D eigenvalue weighted by molar-refractivity contribution is -0.132. The molecule has 2 aliphatic heterocycles. The molecule has 1 aromatic heterocycles. The molecule has 1 aromatic carbocycles. The minimum atomic E-state index is 0.00711. The number of aryl methyl sites for hydroxylation is 1. The van der Waals surface area contributed by atoms with Crippen LogP contribution < -0.4 is 5.56 Å². The molecule has 0 unspecified atom stereocenters. The number of fused-ring (bicyclic) bond motifs is 1. The molecular weight excluding hydrogens is 382 g/mol. The number of nitrogens with zero attached hydrogens (tertiary/aromatic N) is 3. The van der Waals surface area contributed by atoms with Crippen molar-refractivity contribution in [2.24, 2.45) is 0 Å². The van der Waals surface area contributed by atoms with Gasteiger partial charge in [-0.15, -0.1) is 11.8 Å². The zero-order chi connectivity index (χ0) is 18.6. The van der Waals surface area contributed by atoms with Crippen LogP contribution in [0, 0.1) is 0 Å². The molecule has 0 bridgehead atoms. The van der Waals surface area contributed by atoms with E-state index in [1.54, 1.807) is 16.3 Å². The summed E-state index contributed by atoms with van der Waals surface area (Å²) >= 11 is 2.94. The Labute approximate surface area is 166 Å². The van der Waals surface area contributed by atoms with E-state index in [0.29, 0.717) is 38.0 Å². The van der Waals surface area contributed by atoms with Gasteiger partial charge in [0.05, 0.1) is 36.1 Å². The fourth-order valence-corrected chi connectivity index (χ4v) is 5.13. The van der Waals surface area contributed by atoms with Gasteiger partial charge in [0.1, 0.15) is 0 Å². The highest BCUT2D eigenvalue weighted by Crippen LogP contribution is 2.29. The molecule has 4 rings (SSSR count). The standard InChI is InChI=1S/C19H21N3O3S2/c23-16(21-7-9-25-10-8-21)13-27-19-20-15-6-11-26-17(15)18(24)22(19)12-14-4-2-1-3-5-14/h1-5H,6-13H2. The Morgan fingerprint density at radius 1 is 1.22 bits per heavy atom. The van der Waals surface area contributed by atoms with Gasteiger partial charge in [-0.25, -0.2) is 4.98 Å². The van der Waals surface area contributed by atoms with Gasteiger partial charge in [-0.1, -0.05) is 42.1 Å². The predicted molar refractivity (Wildman–Crippen MR) is 107 cm³/mol. The summed E-state index contributed by atoms with van der Waals surface area (Å²) in [6, 6.07) is 9.88. The molecule has 0 N–H and O–H groups in total. The van der Waals surface area contributed by atoms with E-state index in [4.69, 9.17) is 9.72 Å². The van der Waals surface area contributed by atoms with E-state index >= 15 is 0 Å². The third kappa shape index (κ3) is 4.23. The number of hydrogen-bond acceptors (Lipinski definition) is 6. The minimum absolute atomic E-state index is 0.00711. The third-order valence-electron chi connectivity index (χ3n) is 4.62. The number of thioether (sulfide) groups is 2. The van der Waals surface area contributed by atoms with Crippen molar-refractivity contribution in [3.8, 4) is 0 Å². The number of hydrogen-bond donors (Lipinski definition) is 0. The van der Waals surface area contributed by atoms with Gasteiger partial charge in [-0.3, -0.25) is 14.2 Å². The van der Waals surface area contributed by atoms with Gasteiger partial charge in [0.25, 0.3) is 5.56 Å². The molecule has 1 amide bonds. The maximum Gasteiger partial charge on any atom is 0.268 e. The highest BCUT2D eigenvalue weighted by Gasteiger charge is 2.23. The molecule has 0 aliphatic carbocycles. The summed E-state index contributed by atoms with van der Waals surface area (Å²) in [5, 5.41) is 0.631. The average Bonchev–Trinajstić information content (AvgIpc) is 3.19. The Morgan fingerprint density at radius 3 is 2.78 bits per heavy atom. The first-order valence-corrected chi connectivity index (χ1v) is 11.0. The minimum Gasteiger partial charge on any atom is -0.378 e. The van der Waals surface area contributed by atoms with E-state index in [9.17, 15) is 9.59 Å². The Hall–Kier alpha value is -1.77. The zero-order valence-electron chi connectivity index (χ0n) is 14.9. The van der Waals surface area contributed by atoms with Crippen molar-refractivity contribution >= 4 is 29.4 Å². The maximum atomic E-state index is 13.0. The Balaban J connectivity index is 1.57. The summed E-state index contributed by atoms with van der Waals surface area (Å²) in [5.74, 6) is 1.25. The van der Waals surface area contributed by atoms with Gasteiger partial charge in [-0.2, -0.15) is 0 Å². The van der Waals surface area contributed by atoms with Gasteiger partial charge >= 0.3 is 0 Å². The second-order valence-electron chi connectivity index (χ2n) is 6.43. The fourth-order valence-electron chi connectivity index (χ4n) is 3.17.